The second-order valence-electron chi connectivity index (χ2n) is 4.66. The quantitative estimate of drug-likeness (QED) is 0.716. The van der Waals surface area contributed by atoms with Crippen molar-refractivity contribution in [1.29, 1.82) is 0 Å². The van der Waals surface area contributed by atoms with Gasteiger partial charge >= 0.3 is 0 Å². The molecule has 0 amide bonds. The van der Waals surface area contributed by atoms with E-state index in [2.05, 4.69) is 34.8 Å². The first-order chi connectivity index (χ1) is 9.90. The third-order valence-corrected chi connectivity index (χ3v) is 3.08. The van der Waals surface area contributed by atoms with Crippen LogP contribution in [-0.4, -0.2) is 9.77 Å². The van der Waals surface area contributed by atoms with E-state index in [1.54, 1.807) is 6.33 Å². The van der Waals surface area contributed by atoms with Crippen molar-refractivity contribution < 1.29 is 4.68 Å². The van der Waals surface area contributed by atoms with Gasteiger partial charge in [-0.2, -0.15) is 0 Å². The SMILES string of the molecule is c1ccc(CNn2cn[n+](Cc3ccccc3)c2)cc1. The van der Waals surface area contributed by atoms with Crippen LogP contribution in [0.4, 0.5) is 0 Å². The fraction of sp³-hybridized carbons (Fsp3) is 0.125. The largest absolute Gasteiger partial charge is 0.289 e. The minimum absolute atomic E-state index is 0.779. The van der Waals surface area contributed by atoms with Gasteiger partial charge in [0.2, 0.25) is 6.33 Å². The molecule has 0 spiro atoms. The summed E-state index contributed by atoms with van der Waals surface area (Å²) in [5.74, 6) is 0. The number of rotatable bonds is 5. The molecule has 0 radical (unpaired) electrons. The van der Waals surface area contributed by atoms with Crippen LogP contribution in [0.5, 0.6) is 0 Å². The molecule has 0 aliphatic heterocycles. The zero-order valence-electron chi connectivity index (χ0n) is 11.2. The molecule has 0 fully saturated rings. The molecule has 1 aromatic heterocycles. The van der Waals surface area contributed by atoms with Gasteiger partial charge < -0.3 is 0 Å². The van der Waals surface area contributed by atoms with Crippen LogP contribution in [0.2, 0.25) is 0 Å². The van der Waals surface area contributed by atoms with Gasteiger partial charge in [0.15, 0.2) is 0 Å². The van der Waals surface area contributed by atoms with Gasteiger partial charge in [-0.15, -0.1) is 9.36 Å². The number of hydrogen-bond donors (Lipinski definition) is 1. The molecule has 4 nitrogen and oxygen atoms in total. The highest BCUT2D eigenvalue weighted by Gasteiger charge is 2.05. The topological polar surface area (TPSA) is 33.7 Å². The molecule has 4 heteroatoms. The van der Waals surface area contributed by atoms with Gasteiger partial charge in [0.05, 0.1) is 6.54 Å². The van der Waals surface area contributed by atoms with Gasteiger partial charge in [0.25, 0.3) is 6.33 Å². The smallest absolute Gasteiger partial charge is 0.250 e. The van der Waals surface area contributed by atoms with E-state index < -0.39 is 0 Å². The van der Waals surface area contributed by atoms with Crippen LogP contribution >= 0.6 is 0 Å². The molecule has 2 aromatic carbocycles. The average molecular weight is 265 g/mol. The molecule has 20 heavy (non-hydrogen) atoms. The predicted molar refractivity (Wildman–Crippen MR) is 77.5 cm³/mol. The standard InChI is InChI=1S/C16H17N4/c1-3-7-15(8-4-1)11-17-20-13-18-19(14-20)12-16-9-5-2-6-10-16/h1-10,13-14,17H,11-12H2/q+1. The first-order valence-corrected chi connectivity index (χ1v) is 6.65. The lowest BCUT2D eigenvalue weighted by Gasteiger charge is -2.00. The van der Waals surface area contributed by atoms with Gasteiger partial charge in [0.1, 0.15) is 6.54 Å². The normalized spacial score (nSPS) is 10.4. The van der Waals surface area contributed by atoms with E-state index in [4.69, 9.17) is 0 Å². The molecule has 3 rings (SSSR count). The molecular weight excluding hydrogens is 248 g/mol. The highest BCUT2D eigenvalue weighted by Crippen LogP contribution is 1.98. The maximum Gasteiger partial charge on any atom is 0.289 e. The highest BCUT2D eigenvalue weighted by molar-refractivity contribution is 5.15. The van der Waals surface area contributed by atoms with Crippen LogP contribution in [0.3, 0.4) is 0 Å². The summed E-state index contributed by atoms with van der Waals surface area (Å²) in [4.78, 5) is 0. The maximum absolute atomic E-state index is 4.34. The van der Waals surface area contributed by atoms with Crippen molar-refractivity contribution in [2.75, 3.05) is 5.43 Å². The van der Waals surface area contributed by atoms with Gasteiger partial charge in [-0.25, -0.2) is 0 Å². The van der Waals surface area contributed by atoms with Gasteiger partial charge in [-0.05, 0) is 16.2 Å². The monoisotopic (exact) mass is 265 g/mol. The minimum Gasteiger partial charge on any atom is -0.250 e. The molecular formula is C16H17N4+. The van der Waals surface area contributed by atoms with Crippen molar-refractivity contribution in [3.8, 4) is 0 Å². The van der Waals surface area contributed by atoms with E-state index in [-0.39, 0.29) is 0 Å². The van der Waals surface area contributed by atoms with Crippen molar-refractivity contribution >= 4 is 0 Å². The second-order valence-corrected chi connectivity index (χ2v) is 4.66. The predicted octanol–water partition coefficient (Wildman–Crippen LogP) is 1.96. The Hall–Kier alpha value is -2.62. The third-order valence-electron chi connectivity index (χ3n) is 3.08. The summed E-state index contributed by atoms with van der Waals surface area (Å²) in [5.41, 5.74) is 5.79. The summed E-state index contributed by atoms with van der Waals surface area (Å²) in [6.45, 7) is 1.56. The first-order valence-electron chi connectivity index (χ1n) is 6.65. The molecule has 0 aliphatic carbocycles. The molecule has 0 bridgehead atoms. The van der Waals surface area contributed by atoms with E-state index in [0.717, 1.165) is 13.1 Å². The molecule has 0 aliphatic rings. The van der Waals surface area contributed by atoms with Crippen LogP contribution in [0.1, 0.15) is 11.1 Å². The van der Waals surface area contributed by atoms with E-state index in [1.165, 1.54) is 11.1 Å². The lowest BCUT2D eigenvalue weighted by molar-refractivity contribution is -0.744. The lowest BCUT2D eigenvalue weighted by atomic mass is 10.2. The Labute approximate surface area is 118 Å². The van der Waals surface area contributed by atoms with Crippen LogP contribution in [0, 0.1) is 0 Å². The summed E-state index contributed by atoms with van der Waals surface area (Å²) in [6.07, 6.45) is 3.74. The van der Waals surface area contributed by atoms with Gasteiger partial charge in [-0.3, -0.25) is 5.43 Å². The second kappa shape index (κ2) is 6.02. The Bertz CT molecular complexity index is 647. The van der Waals surface area contributed by atoms with E-state index >= 15 is 0 Å². The number of aromatic nitrogens is 3. The van der Waals surface area contributed by atoms with Crippen molar-refractivity contribution in [3.63, 3.8) is 0 Å². The maximum atomic E-state index is 4.34. The number of nitrogens with zero attached hydrogens (tertiary/aromatic N) is 3. The molecule has 1 heterocycles. The summed E-state index contributed by atoms with van der Waals surface area (Å²) >= 11 is 0. The Kier molecular flexibility index (Phi) is 3.73. The van der Waals surface area contributed by atoms with Crippen molar-refractivity contribution in [3.05, 3.63) is 84.4 Å². The minimum atomic E-state index is 0.779. The Balaban J connectivity index is 1.60. The molecule has 0 unspecified atom stereocenters. The van der Waals surface area contributed by atoms with Crippen molar-refractivity contribution in [1.82, 2.24) is 9.77 Å². The molecule has 0 atom stereocenters. The van der Waals surface area contributed by atoms with E-state index in [0.29, 0.717) is 0 Å². The molecule has 3 aromatic rings. The summed E-state index contributed by atoms with van der Waals surface area (Å²) in [7, 11) is 0. The third kappa shape index (κ3) is 3.23. The zero-order chi connectivity index (χ0) is 13.6. The Morgan fingerprint density at radius 2 is 1.55 bits per heavy atom. The number of benzene rings is 2. The highest BCUT2D eigenvalue weighted by atomic mass is 15.5. The van der Waals surface area contributed by atoms with E-state index in [9.17, 15) is 0 Å². The van der Waals surface area contributed by atoms with Crippen LogP contribution < -0.4 is 10.1 Å². The molecule has 0 saturated heterocycles. The van der Waals surface area contributed by atoms with Crippen molar-refractivity contribution in [2.45, 2.75) is 13.1 Å². The summed E-state index contributed by atoms with van der Waals surface area (Å²) < 4.78 is 3.79. The van der Waals surface area contributed by atoms with Gasteiger partial charge in [-0.1, -0.05) is 60.7 Å². The Morgan fingerprint density at radius 1 is 0.900 bits per heavy atom. The number of nitrogens with one attached hydrogen (secondary N) is 1. The summed E-state index contributed by atoms with van der Waals surface area (Å²) in [5, 5.41) is 4.34. The van der Waals surface area contributed by atoms with Gasteiger partial charge in [0, 0.05) is 0 Å². The fourth-order valence-corrected chi connectivity index (χ4v) is 2.04. The van der Waals surface area contributed by atoms with E-state index in [1.807, 2.05) is 52.1 Å². The van der Waals surface area contributed by atoms with Crippen LogP contribution in [-0.2, 0) is 13.1 Å². The Morgan fingerprint density at radius 3 is 2.25 bits per heavy atom. The molecule has 1 N–H and O–H groups in total. The zero-order valence-corrected chi connectivity index (χ0v) is 11.2. The fourth-order valence-electron chi connectivity index (χ4n) is 2.04. The van der Waals surface area contributed by atoms with Crippen LogP contribution in [0.25, 0.3) is 0 Å². The van der Waals surface area contributed by atoms with Crippen LogP contribution in [0.15, 0.2) is 73.3 Å². The molecule has 100 valence electrons. The lowest BCUT2D eigenvalue weighted by Crippen LogP contribution is -2.35. The average Bonchev–Trinajstić information content (AvgIpc) is 2.95. The summed E-state index contributed by atoms with van der Waals surface area (Å²) in [6, 6.07) is 20.6. The number of hydrogen-bond acceptors (Lipinski definition) is 2. The molecule has 0 saturated carbocycles. The first kappa shape index (κ1) is 12.4. The van der Waals surface area contributed by atoms with Crippen molar-refractivity contribution in [2.24, 2.45) is 0 Å².